The molecule has 196 valence electrons. The fraction of sp³-hybridized carbons (Fsp3) is 0.300. The first kappa shape index (κ1) is 26.7. The highest BCUT2D eigenvalue weighted by Gasteiger charge is 2.11. The van der Waals surface area contributed by atoms with Gasteiger partial charge in [-0.1, -0.05) is 50.5 Å². The van der Waals surface area contributed by atoms with Crippen LogP contribution < -0.4 is 0 Å². The second-order valence-electron chi connectivity index (χ2n) is 9.38. The summed E-state index contributed by atoms with van der Waals surface area (Å²) in [6.07, 6.45) is 6.44. The molecule has 0 aliphatic rings. The van der Waals surface area contributed by atoms with Crippen molar-refractivity contribution in [1.82, 2.24) is 4.57 Å². The van der Waals surface area contributed by atoms with E-state index in [9.17, 15) is 14.9 Å². The minimum Gasteiger partial charge on any atom is -0.462 e. The number of azo groups is 1. The second-order valence-corrected chi connectivity index (χ2v) is 9.38. The number of carbonyl (C=O) groups is 1. The number of nitro groups is 1. The van der Waals surface area contributed by atoms with Crippen LogP contribution in [-0.2, 0) is 16.1 Å². The molecule has 0 bridgehead atoms. The number of hydrogen-bond donors (Lipinski definition) is 0. The molecule has 4 aromatic rings. The molecule has 0 amide bonds. The molecule has 0 N–H and O–H groups in total. The van der Waals surface area contributed by atoms with Crippen LogP contribution in [-0.4, -0.2) is 22.1 Å². The van der Waals surface area contributed by atoms with Gasteiger partial charge in [-0.25, -0.2) is 4.79 Å². The number of para-hydroxylation sites is 1. The third kappa shape index (κ3) is 6.70. The standard InChI is InChI=1S/C30H32N4O4/c1-22(2)30(35)38-20-10-6-4-3-5-9-19-33-28-12-8-7-11-26(28)27-21-24(15-18-29(27)33)32-31-23-13-16-25(17-14-23)34(36)37/h7-8,11-18,21H,1,3-6,9-10,19-20H2,2H3. The maximum absolute atomic E-state index is 11.4. The lowest BCUT2D eigenvalue weighted by Gasteiger charge is -2.08. The molecule has 0 spiro atoms. The fourth-order valence-corrected chi connectivity index (χ4v) is 4.47. The van der Waals surface area contributed by atoms with Crippen molar-refractivity contribution in [2.75, 3.05) is 6.61 Å². The summed E-state index contributed by atoms with van der Waals surface area (Å²) in [5, 5.41) is 21.8. The van der Waals surface area contributed by atoms with Crippen LogP contribution in [0.15, 0.2) is 89.1 Å². The number of non-ortho nitro benzene ring substituents is 1. The van der Waals surface area contributed by atoms with E-state index in [0.717, 1.165) is 56.1 Å². The number of aryl methyl sites for hydroxylation is 1. The van der Waals surface area contributed by atoms with E-state index in [4.69, 9.17) is 4.74 Å². The van der Waals surface area contributed by atoms with Crippen molar-refractivity contribution >= 4 is 44.8 Å². The van der Waals surface area contributed by atoms with Crippen LogP contribution in [0.4, 0.5) is 17.1 Å². The number of nitro benzene ring substituents is 1. The topological polar surface area (TPSA) is 99.1 Å². The average molecular weight is 513 g/mol. The molecule has 8 heteroatoms. The van der Waals surface area contributed by atoms with Gasteiger partial charge in [0.1, 0.15) is 0 Å². The zero-order valence-corrected chi connectivity index (χ0v) is 21.6. The van der Waals surface area contributed by atoms with E-state index in [1.165, 1.54) is 28.6 Å². The van der Waals surface area contributed by atoms with E-state index in [0.29, 0.717) is 17.9 Å². The largest absolute Gasteiger partial charge is 0.462 e. The SMILES string of the molecule is C=C(C)C(=O)OCCCCCCCCn1c2ccccc2c2cc(N=Nc3ccc([N+](=O)[O-])cc3)ccc21. The first-order valence-corrected chi connectivity index (χ1v) is 12.9. The number of benzene rings is 3. The molecule has 0 aliphatic heterocycles. The Balaban J connectivity index is 1.36. The Bertz CT molecular complexity index is 1470. The molecular weight excluding hydrogens is 480 g/mol. The van der Waals surface area contributed by atoms with Gasteiger partial charge in [0.15, 0.2) is 0 Å². The average Bonchev–Trinajstić information content (AvgIpc) is 3.24. The molecule has 1 aromatic heterocycles. The molecule has 3 aromatic carbocycles. The molecular formula is C30H32N4O4. The van der Waals surface area contributed by atoms with Gasteiger partial charge in [-0.3, -0.25) is 10.1 Å². The predicted octanol–water partition coefficient (Wildman–Crippen LogP) is 8.58. The number of carbonyl (C=O) groups excluding carboxylic acids is 1. The van der Waals surface area contributed by atoms with Crippen LogP contribution in [0.2, 0.25) is 0 Å². The molecule has 0 saturated heterocycles. The van der Waals surface area contributed by atoms with Crippen molar-refractivity contribution in [3.05, 3.63) is 89.0 Å². The van der Waals surface area contributed by atoms with E-state index in [1.54, 1.807) is 19.1 Å². The number of hydrogen-bond acceptors (Lipinski definition) is 6. The summed E-state index contributed by atoms with van der Waals surface area (Å²) in [4.78, 5) is 21.8. The lowest BCUT2D eigenvalue weighted by Crippen LogP contribution is -2.06. The molecule has 0 unspecified atom stereocenters. The number of nitrogens with zero attached hydrogens (tertiary/aromatic N) is 4. The van der Waals surface area contributed by atoms with Crippen LogP contribution >= 0.6 is 0 Å². The van der Waals surface area contributed by atoms with Crippen LogP contribution in [0.5, 0.6) is 0 Å². The van der Waals surface area contributed by atoms with Crippen molar-refractivity contribution in [3.8, 4) is 0 Å². The van der Waals surface area contributed by atoms with Crippen LogP contribution in [0, 0.1) is 10.1 Å². The van der Waals surface area contributed by atoms with Gasteiger partial charge in [0.2, 0.25) is 0 Å². The normalized spacial score (nSPS) is 11.4. The maximum Gasteiger partial charge on any atom is 0.333 e. The first-order chi connectivity index (χ1) is 18.4. The van der Waals surface area contributed by atoms with Crippen molar-refractivity contribution in [1.29, 1.82) is 0 Å². The van der Waals surface area contributed by atoms with Crippen molar-refractivity contribution in [2.24, 2.45) is 10.2 Å². The number of esters is 1. The predicted molar refractivity (Wildman–Crippen MR) is 150 cm³/mol. The minimum absolute atomic E-state index is 0.0276. The quantitative estimate of drug-likeness (QED) is 0.0447. The summed E-state index contributed by atoms with van der Waals surface area (Å²) in [6, 6.07) is 20.5. The summed E-state index contributed by atoms with van der Waals surface area (Å²) in [5.74, 6) is -0.309. The summed E-state index contributed by atoms with van der Waals surface area (Å²) in [5.41, 5.74) is 4.13. The molecule has 4 rings (SSSR count). The van der Waals surface area contributed by atoms with Crippen LogP contribution in [0.25, 0.3) is 21.8 Å². The van der Waals surface area contributed by atoms with Crippen LogP contribution in [0.3, 0.4) is 0 Å². The summed E-state index contributed by atoms with van der Waals surface area (Å²) in [6.45, 7) is 6.65. The first-order valence-electron chi connectivity index (χ1n) is 12.9. The van der Waals surface area contributed by atoms with Crippen molar-refractivity contribution < 1.29 is 14.5 Å². The highest BCUT2D eigenvalue weighted by molar-refractivity contribution is 6.08. The van der Waals surface area contributed by atoms with Gasteiger partial charge in [-0.2, -0.15) is 10.2 Å². The summed E-state index contributed by atoms with van der Waals surface area (Å²) >= 11 is 0. The number of fused-ring (bicyclic) bond motifs is 3. The number of rotatable bonds is 13. The Hall–Kier alpha value is -4.33. The molecule has 0 fully saturated rings. The highest BCUT2D eigenvalue weighted by atomic mass is 16.6. The maximum atomic E-state index is 11.4. The van der Waals surface area contributed by atoms with E-state index in [2.05, 4.69) is 45.6 Å². The lowest BCUT2D eigenvalue weighted by atomic mass is 10.1. The number of aromatic nitrogens is 1. The minimum atomic E-state index is -0.433. The Morgan fingerprint density at radius 2 is 1.50 bits per heavy atom. The van der Waals surface area contributed by atoms with E-state index >= 15 is 0 Å². The molecule has 0 aliphatic carbocycles. The Labute approximate surface area is 221 Å². The third-order valence-corrected chi connectivity index (χ3v) is 6.46. The summed E-state index contributed by atoms with van der Waals surface area (Å²) in [7, 11) is 0. The highest BCUT2D eigenvalue weighted by Crippen LogP contribution is 2.33. The zero-order valence-electron chi connectivity index (χ0n) is 21.6. The van der Waals surface area contributed by atoms with Crippen molar-refractivity contribution in [3.63, 3.8) is 0 Å². The second kappa shape index (κ2) is 12.8. The number of ether oxygens (including phenoxy) is 1. The molecule has 0 saturated carbocycles. The van der Waals surface area contributed by atoms with Crippen molar-refractivity contribution in [2.45, 2.75) is 52.0 Å². The Morgan fingerprint density at radius 1 is 0.868 bits per heavy atom. The fourth-order valence-electron chi connectivity index (χ4n) is 4.47. The molecule has 8 nitrogen and oxygen atoms in total. The van der Waals surface area contributed by atoms with Gasteiger partial charge in [-0.15, -0.1) is 0 Å². The van der Waals surface area contributed by atoms with E-state index in [1.807, 2.05) is 18.2 Å². The zero-order chi connectivity index (χ0) is 26.9. The van der Waals surface area contributed by atoms with Crippen LogP contribution in [0.1, 0.15) is 45.4 Å². The Morgan fingerprint density at radius 3 is 2.24 bits per heavy atom. The Kier molecular flexibility index (Phi) is 8.98. The van der Waals surface area contributed by atoms with Gasteiger partial charge in [-0.05, 0) is 56.2 Å². The smallest absolute Gasteiger partial charge is 0.333 e. The monoisotopic (exact) mass is 512 g/mol. The third-order valence-electron chi connectivity index (χ3n) is 6.46. The molecule has 38 heavy (non-hydrogen) atoms. The van der Waals surface area contributed by atoms with Gasteiger partial charge in [0.05, 0.1) is 22.9 Å². The summed E-state index contributed by atoms with van der Waals surface area (Å²) < 4.78 is 7.52. The van der Waals surface area contributed by atoms with E-state index < -0.39 is 4.92 Å². The van der Waals surface area contributed by atoms with E-state index in [-0.39, 0.29) is 11.7 Å². The number of unbranched alkanes of at least 4 members (excludes halogenated alkanes) is 5. The lowest BCUT2D eigenvalue weighted by molar-refractivity contribution is -0.384. The molecule has 0 radical (unpaired) electrons. The molecule has 0 atom stereocenters. The van der Waals surface area contributed by atoms with Gasteiger partial charge >= 0.3 is 5.97 Å². The van der Waals surface area contributed by atoms with Gasteiger partial charge < -0.3 is 9.30 Å². The van der Waals surface area contributed by atoms with Gasteiger partial charge in [0.25, 0.3) is 5.69 Å². The van der Waals surface area contributed by atoms with Gasteiger partial charge in [0, 0.05) is 46.1 Å². The molecule has 1 heterocycles.